The summed E-state index contributed by atoms with van der Waals surface area (Å²) >= 11 is 0. The molecular weight excluding hydrogens is 312 g/mol. The number of benzene rings is 1. The van der Waals surface area contributed by atoms with Gasteiger partial charge in [0, 0.05) is 32.7 Å². The SMILES string of the molecule is CCOc1ccc(CNC(=NC)N2CCC(N3CCCC3)C2)cc1C. The van der Waals surface area contributed by atoms with Crippen molar-refractivity contribution >= 4 is 5.96 Å². The van der Waals surface area contributed by atoms with Gasteiger partial charge in [0.15, 0.2) is 5.96 Å². The fourth-order valence-corrected chi connectivity index (χ4v) is 3.99. The van der Waals surface area contributed by atoms with Crippen molar-refractivity contribution in [1.29, 1.82) is 0 Å². The Morgan fingerprint density at radius 1 is 1.28 bits per heavy atom. The van der Waals surface area contributed by atoms with Crippen molar-refractivity contribution in [3.63, 3.8) is 0 Å². The molecule has 0 bridgehead atoms. The number of guanidine groups is 1. The number of hydrogen-bond donors (Lipinski definition) is 1. The third kappa shape index (κ3) is 4.46. The van der Waals surface area contributed by atoms with Crippen LogP contribution in [0.2, 0.25) is 0 Å². The molecule has 5 heteroatoms. The molecule has 2 heterocycles. The van der Waals surface area contributed by atoms with E-state index in [1.165, 1.54) is 43.5 Å². The maximum Gasteiger partial charge on any atom is 0.193 e. The van der Waals surface area contributed by atoms with Crippen molar-refractivity contribution in [3.8, 4) is 5.75 Å². The summed E-state index contributed by atoms with van der Waals surface area (Å²) in [5.74, 6) is 2.00. The number of nitrogens with zero attached hydrogens (tertiary/aromatic N) is 3. The number of nitrogens with one attached hydrogen (secondary N) is 1. The molecule has 138 valence electrons. The lowest BCUT2D eigenvalue weighted by atomic mass is 10.1. The van der Waals surface area contributed by atoms with Gasteiger partial charge in [0.05, 0.1) is 6.61 Å². The summed E-state index contributed by atoms with van der Waals surface area (Å²) in [7, 11) is 1.88. The quantitative estimate of drug-likeness (QED) is 0.658. The number of rotatable bonds is 5. The van der Waals surface area contributed by atoms with Gasteiger partial charge in [0.25, 0.3) is 0 Å². The minimum absolute atomic E-state index is 0.703. The summed E-state index contributed by atoms with van der Waals surface area (Å²) in [5.41, 5.74) is 2.45. The first-order valence-corrected chi connectivity index (χ1v) is 9.63. The Balaban J connectivity index is 1.53. The number of likely N-dealkylation sites (tertiary alicyclic amines) is 2. The van der Waals surface area contributed by atoms with E-state index in [4.69, 9.17) is 4.74 Å². The molecule has 2 aliphatic rings. The lowest BCUT2D eigenvalue weighted by molar-refractivity contribution is 0.249. The summed E-state index contributed by atoms with van der Waals surface area (Å²) in [5, 5.41) is 3.53. The zero-order chi connectivity index (χ0) is 17.6. The van der Waals surface area contributed by atoms with E-state index in [1.807, 2.05) is 14.0 Å². The molecule has 1 N–H and O–H groups in total. The van der Waals surface area contributed by atoms with Crippen molar-refractivity contribution < 1.29 is 4.74 Å². The van der Waals surface area contributed by atoms with Crippen LogP contribution in [0, 0.1) is 6.92 Å². The fourth-order valence-electron chi connectivity index (χ4n) is 3.99. The minimum atomic E-state index is 0.703. The van der Waals surface area contributed by atoms with Gasteiger partial charge in [-0.25, -0.2) is 0 Å². The average molecular weight is 345 g/mol. The third-order valence-electron chi connectivity index (χ3n) is 5.32. The summed E-state index contributed by atoms with van der Waals surface area (Å²) in [6.45, 7) is 10.4. The van der Waals surface area contributed by atoms with E-state index in [0.717, 1.165) is 31.3 Å². The largest absolute Gasteiger partial charge is 0.494 e. The number of aryl methyl sites for hydroxylation is 1. The average Bonchev–Trinajstić information content (AvgIpc) is 3.29. The summed E-state index contributed by atoms with van der Waals surface area (Å²) in [6.07, 6.45) is 3.98. The van der Waals surface area contributed by atoms with Gasteiger partial charge in [-0.3, -0.25) is 9.89 Å². The fraction of sp³-hybridized carbons (Fsp3) is 0.650. The molecule has 1 aromatic rings. The Kier molecular flexibility index (Phi) is 6.19. The molecule has 0 spiro atoms. The zero-order valence-corrected chi connectivity index (χ0v) is 15.9. The van der Waals surface area contributed by atoms with Crippen LogP contribution < -0.4 is 10.1 Å². The highest BCUT2D eigenvalue weighted by Crippen LogP contribution is 2.21. The van der Waals surface area contributed by atoms with E-state index < -0.39 is 0 Å². The van der Waals surface area contributed by atoms with Gasteiger partial charge in [-0.1, -0.05) is 12.1 Å². The molecule has 1 unspecified atom stereocenters. The number of hydrogen-bond acceptors (Lipinski definition) is 3. The molecule has 3 rings (SSSR count). The Hall–Kier alpha value is -1.75. The maximum absolute atomic E-state index is 5.62. The van der Waals surface area contributed by atoms with Gasteiger partial charge in [-0.05, 0) is 63.4 Å². The minimum Gasteiger partial charge on any atom is -0.494 e. The highest BCUT2D eigenvalue weighted by molar-refractivity contribution is 5.80. The Labute approximate surface area is 152 Å². The van der Waals surface area contributed by atoms with Gasteiger partial charge in [0.2, 0.25) is 0 Å². The van der Waals surface area contributed by atoms with E-state index in [1.54, 1.807) is 0 Å². The van der Waals surface area contributed by atoms with Gasteiger partial charge in [-0.2, -0.15) is 0 Å². The highest BCUT2D eigenvalue weighted by Gasteiger charge is 2.30. The van der Waals surface area contributed by atoms with Gasteiger partial charge in [-0.15, -0.1) is 0 Å². The molecule has 0 amide bonds. The van der Waals surface area contributed by atoms with Gasteiger partial charge in [0.1, 0.15) is 5.75 Å². The summed E-state index contributed by atoms with van der Waals surface area (Å²) in [6, 6.07) is 7.10. The maximum atomic E-state index is 5.62. The van der Waals surface area contributed by atoms with Crippen molar-refractivity contribution in [2.75, 3.05) is 39.8 Å². The molecule has 2 aliphatic heterocycles. The molecule has 0 saturated carbocycles. The van der Waals surface area contributed by atoms with Crippen LogP contribution in [0.25, 0.3) is 0 Å². The van der Waals surface area contributed by atoms with Crippen LogP contribution in [0.1, 0.15) is 37.3 Å². The molecule has 25 heavy (non-hydrogen) atoms. The lowest BCUT2D eigenvalue weighted by Crippen LogP contribution is -2.42. The molecule has 0 aromatic heterocycles. The smallest absolute Gasteiger partial charge is 0.193 e. The molecule has 0 radical (unpaired) electrons. The predicted molar refractivity (Wildman–Crippen MR) is 103 cm³/mol. The van der Waals surface area contributed by atoms with Crippen molar-refractivity contribution in [2.24, 2.45) is 4.99 Å². The van der Waals surface area contributed by atoms with E-state index in [-0.39, 0.29) is 0 Å². The molecule has 2 saturated heterocycles. The Bertz CT molecular complexity index is 595. The Morgan fingerprint density at radius 3 is 2.76 bits per heavy atom. The molecular formula is C20H32N4O. The third-order valence-corrected chi connectivity index (χ3v) is 5.32. The molecule has 1 aromatic carbocycles. The first-order chi connectivity index (χ1) is 12.2. The van der Waals surface area contributed by atoms with Gasteiger partial charge >= 0.3 is 0 Å². The van der Waals surface area contributed by atoms with Crippen molar-refractivity contribution in [3.05, 3.63) is 29.3 Å². The normalized spacial score (nSPS) is 21.8. The number of ether oxygens (including phenoxy) is 1. The van der Waals surface area contributed by atoms with Crippen LogP contribution in [0.5, 0.6) is 5.75 Å². The topological polar surface area (TPSA) is 40.1 Å². The molecule has 0 aliphatic carbocycles. The Morgan fingerprint density at radius 2 is 2.08 bits per heavy atom. The standard InChI is InChI=1S/C20H32N4O/c1-4-25-19-8-7-17(13-16(19)2)14-22-20(21-3)24-12-9-18(15-24)23-10-5-6-11-23/h7-8,13,18H,4-6,9-12,14-15H2,1-3H3,(H,21,22). The molecule has 2 fully saturated rings. The second-order valence-corrected chi connectivity index (χ2v) is 7.07. The van der Waals surface area contributed by atoms with Crippen LogP contribution in [0.15, 0.2) is 23.2 Å². The second kappa shape index (κ2) is 8.56. The van der Waals surface area contributed by atoms with Crippen LogP contribution in [0.3, 0.4) is 0 Å². The highest BCUT2D eigenvalue weighted by atomic mass is 16.5. The second-order valence-electron chi connectivity index (χ2n) is 7.07. The lowest BCUT2D eigenvalue weighted by Gasteiger charge is -2.25. The zero-order valence-electron chi connectivity index (χ0n) is 15.9. The summed E-state index contributed by atoms with van der Waals surface area (Å²) in [4.78, 5) is 9.57. The first kappa shape index (κ1) is 18.1. The molecule has 1 atom stereocenters. The van der Waals surface area contributed by atoms with E-state index in [2.05, 4.69) is 45.2 Å². The van der Waals surface area contributed by atoms with Crippen molar-refractivity contribution in [1.82, 2.24) is 15.1 Å². The monoisotopic (exact) mass is 344 g/mol. The van der Waals surface area contributed by atoms with E-state index in [0.29, 0.717) is 12.6 Å². The van der Waals surface area contributed by atoms with Crippen LogP contribution >= 0.6 is 0 Å². The summed E-state index contributed by atoms with van der Waals surface area (Å²) < 4.78 is 5.62. The van der Waals surface area contributed by atoms with Crippen molar-refractivity contribution in [2.45, 2.75) is 45.7 Å². The first-order valence-electron chi connectivity index (χ1n) is 9.63. The predicted octanol–water partition coefficient (Wildman–Crippen LogP) is 2.64. The molecule has 5 nitrogen and oxygen atoms in total. The van der Waals surface area contributed by atoms with Crippen LogP contribution in [0.4, 0.5) is 0 Å². The van der Waals surface area contributed by atoms with Gasteiger partial charge < -0.3 is 15.0 Å². The van der Waals surface area contributed by atoms with Crippen LogP contribution in [-0.2, 0) is 6.54 Å². The van der Waals surface area contributed by atoms with E-state index in [9.17, 15) is 0 Å². The van der Waals surface area contributed by atoms with Crippen LogP contribution in [-0.4, -0.2) is 61.6 Å². The van der Waals surface area contributed by atoms with E-state index >= 15 is 0 Å². The number of aliphatic imine (C=N–C) groups is 1.